The molecule has 0 heterocycles. The van der Waals surface area contributed by atoms with Gasteiger partial charge in [-0.1, -0.05) is 48.5 Å². The van der Waals surface area contributed by atoms with Crippen LogP contribution in [-0.4, -0.2) is 47.4 Å². The van der Waals surface area contributed by atoms with E-state index in [2.05, 4.69) is 5.32 Å². The average molecular weight is 469 g/mol. The second-order valence-corrected chi connectivity index (χ2v) is 9.41. The first kappa shape index (κ1) is 25.2. The molecule has 0 saturated heterocycles. The first-order valence-electron chi connectivity index (χ1n) is 11.4. The van der Waals surface area contributed by atoms with E-state index < -0.39 is 29.2 Å². The molecule has 1 atom stereocenters. The predicted octanol–water partition coefficient (Wildman–Crippen LogP) is 3.82. The molecular formula is C26H32N2O6. The number of hydrogen-bond donors (Lipinski definition) is 3. The molecule has 2 aromatic carbocycles. The van der Waals surface area contributed by atoms with E-state index in [9.17, 15) is 19.5 Å². The van der Waals surface area contributed by atoms with Gasteiger partial charge in [0.2, 0.25) is 5.54 Å². The molecule has 0 unspecified atom stereocenters. The largest absolute Gasteiger partial charge is 0.479 e. The summed E-state index contributed by atoms with van der Waals surface area (Å²) in [5.41, 5.74) is 6.51. The zero-order valence-electron chi connectivity index (χ0n) is 19.8. The number of fused-ring (bicyclic) bond motifs is 3. The number of carboxylic acid groups (broad SMARTS) is 1. The zero-order valence-corrected chi connectivity index (χ0v) is 19.8. The molecule has 8 nitrogen and oxygen atoms in total. The van der Waals surface area contributed by atoms with Crippen LogP contribution in [0.1, 0.15) is 57.1 Å². The van der Waals surface area contributed by atoms with Gasteiger partial charge in [0.05, 0.1) is 0 Å². The minimum Gasteiger partial charge on any atom is -0.479 e. The molecule has 2 aromatic rings. The molecule has 0 bridgehead atoms. The molecule has 3 rings (SSSR count). The summed E-state index contributed by atoms with van der Waals surface area (Å²) in [5.74, 6) is -2.79. The number of alkyl carbamates (subject to hydrolysis) is 1. The van der Waals surface area contributed by atoms with Crippen LogP contribution in [0, 0.1) is 0 Å². The summed E-state index contributed by atoms with van der Waals surface area (Å²) in [7, 11) is 0. The predicted molar refractivity (Wildman–Crippen MR) is 127 cm³/mol. The molecular weight excluding hydrogens is 436 g/mol. The molecule has 0 spiro atoms. The summed E-state index contributed by atoms with van der Waals surface area (Å²) in [6, 6.07) is 15.7. The van der Waals surface area contributed by atoms with E-state index in [1.807, 2.05) is 48.5 Å². The molecule has 1 aliphatic rings. The molecule has 34 heavy (non-hydrogen) atoms. The number of carbonyl (C=O) groups excluding carboxylic acids is 2. The molecule has 4 N–H and O–H groups in total. The maximum Gasteiger partial charge on any atom is 0.409 e. The Hall–Kier alpha value is -3.39. The fourth-order valence-electron chi connectivity index (χ4n) is 4.20. The van der Waals surface area contributed by atoms with Gasteiger partial charge in [-0.3, -0.25) is 5.32 Å². The summed E-state index contributed by atoms with van der Waals surface area (Å²) in [5, 5.41) is 12.3. The van der Waals surface area contributed by atoms with Gasteiger partial charge >= 0.3 is 18.0 Å². The van der Waals surface area contributed by atoms with E-state index in [4.69, 9.17) is 15.2 Å². The summed E-state index contributed by atoms with van der Waals surface area (Å²) >= 11 is 0. The Bertz CT molecular complexity index is 1020. The minimum absolute atomic E-state index is 0.0607. The minimum atomic E-state index is -2.28. The van der Waals surface area contributed by atoms with Gasteiger partial charge in [0.1, 0.15) is 12.2 Å². The van der Waals surface area contributed by atoms with Crippen molar-refractivity contribution in [1.82, 2.24) is 5.32 Å². The number of unbranched alkanes of at least 4 members (excludes halogenated alkanes) is 1. The standard InChI is InChI=1S/C26H32N2O6/c1-25(2,3)34-24(32)28-26(22(29)30,14-8-9-15-27)23(31)33-16-21-19-12-6-4-10-17(19)18-11-5-7-13-20(18)21/h4-7,10-13,21H,8-9,14-16,27H2,1-3H3,(H,28,32)(H,29,30)/t26-/m0/s1. The number of aliphatic carboxylic acids is 1. The smallest absolute Gasteiger partial charge is 0.409 e. The molecule has 0 aromatic heterocycles. The maximum absolute atomic E-state index is 13.3. The number of esters is 1. The number of benzene rings is 2. The van der Waals surface area contributed by atoms with Crippen LogP contribution in [0.25, 0.3) is 11.1 Å². The molecule has 0 radical (unpaired) electrons. The zero-order chi connectivity index (χ0) is 24.9. The maximum atomic E-state index is 13.3. The van der Waals surface area contributed by atoms with Crippen molar-refractivity contribution in [1.29, 1.82) is 0 Å². The topological polar surface area (TPSA) is 128 Å². The molecule has 1 amide bonds. The van der Waals surface area contributed by atoms with Crippen molar-refractivity contribution >= 4 is 18.0 Å². The Labute approximate surface area is 199 Å². The van der Waals surface area contributed by atoms with Gasteiger partial charge in [0.15, 0.2) is 0 Å². The van der Waals surface area contributed by atoms with Gasteiger partial charge in [0.25, 0.3) is 0 Å². The monoisotopic (exact) mass is 468 g/mol. The van der Waals surface area contributed by atoms with Crippen molar-refractivity contribution < 1.29 is 29.0 Å². The number of hydrogen-bond acceptors (Lipinski definition) is 6. The van der Waals surface area contributed by atoms with Crippen molar-refractivity contribution in [2.45, 2.75) is 57.1 Å². The van der Waals surface area contributed by atoms with Crippen LogP contribution in [0.3, 0.4) is 0 Å². The van der Waals surface area contributed by atoms with E-state index in [1.54, 1.807) is 20.8 Å². The fraction of sp³-hybridized carbons (Fsp3) is 0.423. The SMILES string of the molecule is CC(C)(C)OC(=O)N[C@@](CCCCN)(C(=O)O)C(=O)OCC1c2ccccc2-c2ccccc21. The second-order valence-electron chi connectivity index (χ2n) is 9.41. The summed E-state index contributed by atoms with van der Waals surface area (Å²) in [6.07, 6.45) is -0.379. The normalized spacial score (nSPS) is 14.5. The molecule has 8 heteroatoms. The van der Waals surface area contributed by atoms with Gasteiger partial charge in [-0.05, 0) is 68.8 Å². The fourth-order valence-corrected chi connectivity index (χ4v) is 4.20. The molecule has 1 aliphatic carbocycles. The van der Waals surface area contributed by atoms with Crippen LogP contribution in [-0.2, 0) is 19.1 Å². The lowest BCUT2D eigenvalue weighted by Gasteiger charge is -2.30. The van der Waals surface area contributed by atoms with Crippen LogP contribution < -0.4 is 11.1 Å². The quantitative estimate of drug-likeness (QED) is 0.290. The summed E-state index contributed by atoms with van der Waals surface area (Å²) in [4.78, 5) is 38.1. The average Bonchev–Trinajstić information content (AvgIpc) is 3.09. The van der Waals surface area contributed by atoms with Gasteiger partial charge in [-0.15, -0.1) is 0 Å². The van der Waals surface area contributed by atoms with Crippen molar-refractivity contribution in [3.8, 4) is 11.1 Å². The lowest BCUT2D eigenvalue weighted by molar-refractivity contribution is -0.164. The third-order valence-electron chi connectivity index (χ3n) is 5.78. The molecule has 0 saturated carbocycles. The van der Waals surface area contributed by atoms with E-state index in [-0.39, 0.29) is 18.9 Å². The molecule has 0 fully saturated rings. The summed E-state index contributed by atoms with van der Waals surface area (Å²) < 4.78 is 10.8. The van der Waals surface area contributed by atoms with E-state index >= 15 is 0 Å². The lowest BCUT2D eigenvalue weighted by atomic mass is 9.92. The second kappa shape index (κ2) is 10.3. The number of carbonyl (C=O) groups is 3. The van der Waals surface area contributed by atoms with Crippen molar-refractivity contribution in [2.75, 3.05) is 13.2 Å². The Morgan fingerprint density at radius 2 is 1.53 bits per heavy atom. The van der Waals surface area contributed by atoms with Gasteiger partial charge in [0, 0.05) is 5.92 Å². The Morgan fingerprint density at radius 3 is 2.03 bits per heavy atom. The Kier molecular flexibility index (Phi) is 7.61. The van der Waals surface area contributed by atoms with Crippen molar-refractivity contribution in [2.24, 2.45) is 5.73 Å². The molecule has 0 aliphatic heterocycles. The van der Waals surface area contributed by atoms with Crippen LogP contribution in [0.4, 0.5) is 4.79 Å². The number of nitrogens with two attached hydrogens (primary N) is 1. The number of nitrogens with one attached hydrogen (secondary N) is 1. The van der Waals surface area contributed by atoms with Crippen molar-refractivity contribution in [3.63, 3.8) is 0 Å². The highest BCUT2D eigenvalue weighted by Gasteiger charge is 2.50. The highest BCUT2D eigenvalue weighted by molar-refractivity contribution is 6.06. The lowest BCUT2D eigenvalue weighted by Crippen LogP contribution is -2.61. The van der Waals surface area contributed by atoms with Crippen LogP contribution in [0.5, 0.6) is 0 Å². The third kappa shape index (κ3) is 5.39. The van der Waals surface area contributed by atoms with Crippen LogP contribution in [0.15, 0.2) is 48.5 Å². The number of ether oxygens (including phenoxy) is 2. The first-order chi connectivity index (χ1) is 16.1. The Balaban J connectivity index is 1.85. The van der Waals surface area contributed by atoms with Crippen molar-refractivity contribution in [3.05, 3.63) is 59.7 Å². The van der Waals surface area contributed by atoms with E-state index in [1.165, 1.54) is 0 Å². The Morgan fingerprint density at radius 1 is 0.971 bits per heavy atom. The van der Waals surface area contributed by atoms with Gasteiger partial charge in [-0.2, -0.15) is 0 Å². The number of carboxylic acids is 1. The number of rotatable bonds is 9. The molecule has 182 valence electrons. The highest BCUT2D eigenvalue weighted by Crippen LogP contribution is 2.44. The van der Waals surface area contributed by atoms with E-state index in [0.29, 0.717) is 19.4 Å². The highest BCUT2D eigenvalue weighted by atomic mass is 16.6. The number of amides is 1. The first-order valence-corrected chi connectivity index (χ1v) is 11.4. The van der Waals surface area contributed by atoms with Crippen LogP contribution in [0.2, 0.25) is 0 Å². The third-order valence-corrected chi connectivity index (χ3v) is 5.78. The summed E-state index contributed by atoms with van der Waals surface area (Å²) in [6.45, 7) is 5.21. The van der Waals surface area contributed by atoms with Gasteiger partial charge in [-0.25, -0.2) is 14.4 Å². The van der Waals surface area contributed by atoms with Gasteiger partial charge < -0.3 is 20.3 Å². The van der Waals surface area contributed by atoms with E-state index in [0.717, 1.165) is 22.3 Å². The van der Waals surface area contributed by atoms with Crippen LogP contribution >= 0.6 is 0 Å².